The minimum Gasteiger partial charge on any atom is -0.343 e. The van der Waals surface area contributed by atoms with Crippen molar-refractivity contribution < 1.29 is 4.79 Å². The molecule has 1 amide bonds. The molecule has 2 nitrogen and oxygen atoms in total. The lowest BCUT2D eigenvalue weighted by Gasteiger charge is -2.52. The molecule has 0 aromatic heterocycles. The molecular formula is C20H41NO. The van der Waals surface area contributed by atoms with Gasteiger partial charge in [0.15, 0.2) is 0 Å². The first-order valence-electron chi connectivity index (χ1n) is 9.97. The SMILES string of the molecule is CC.CC.CCCCCC(=O)N1CCC2(CC1)CC(CC)C2. The molecule has 22 heavy (non-hydrogen) atoms. The van der Waals surface area contributed by atoms with E-state index >= 15 is 0 Å². The Morgan fingerprint density at radius 3 is 2.00 bits per heavy atom. The molecule has 0 unspecified atom stereocenters. The number of unbranched alkanes of at least 4 members (excludes halogenated alkanes) is 2. The maximum Gasteiger partial charge on any atom is 0.222 e. The first kappa shape index (κ1) is 21.5. The number of nitrogens with zero attached hydrogens (tertiary/aromatic N) is 1. The van der Waals surface area contributed by atoms with E-state index in [0.717, 1.165) is 31.8 Å². The first-order chi connectivity index (χ1) is 10.7. The second kappa shape index (κ2) is 12.0. The summed E-state index contributed by atoms with van der Waals surface area (Å²) in [5, 5.41) is 0. The van der Waals surface area contributed by atoms with Crippen LogP contribution in [0.1, 0.15) is 99.3 Å². The quantitative estimate of drug-likeness (QED) is 0.566. The van der Waals surface area contributed by atoms with Gasteiger partial charge >= 0.3 is 0 Å². The van der Waals surface area contributed by atoms with Crippen molar-refractivity contribution in [2.24, 2.45) is 11.3 Å². The number of amides is 1. The third-order valence-electron chi connectivity index (χ3n) is 5.19. The van der Waals surface area contributed by atoms with Crippen LogP contribution in [0, 0.1) is 11.3 Å². The fourth-order valence-electron chi connectivity index (χ4n) is 3.78. The van der Waals surface area contributed by atoms with E-state index in [-0.39, 0.29) is 0 Å². The minimum atomic E-state index is 0.407. The number of carbonyl (C=O) groups is 1. The lowest BCUT2D eigenvalue weighted by Crippen LogP contribution is -2.48. The number of hydrogen-bond donors (Lipinski definition) is 0. The summed E-state index contributed by atoms with van der Waals surface area (Å²) >= 11 is 0. The van der Waals surface area contributed by atoms with E-state index in [9.17, 15) is 4.79 Å². The van der Waals surface area contributed by atoms with Crippen LogP contribution in [0.5, 0.6) is 0 Å². The third kappa shape index (κ3) is 6.30. The van der Waals surface area contributed by atoms with Crippen LogP contribution in [-0.4, -0.2) is 23.9 Å². The molecule has 0 bridgehead atoms. The standard InChI is InChI=1S/C16H29NO.2C2H6/c1-3-5-6-7-15(18)17-10-8-16(9-11-17)12-14(4-2)13-16;2*1-2/h14H,3-13H2,1-2H3;2*1-2H3. The lowest BCUT2D eigenvalue weighted by molar-refractivity contribution is -0.135. The van der Waals surface area contributed by atoms with Crippen LogP contribution in [-0.2, 0) is 4.79 Å². The minimum absolute atomic E-state index is 0.407. The van der Waals surface area contributed by atoms with Crippen LogP contribution < -0.4 is 0 Å². The highest BCUT2D eigenvalue weighted by molar-refractivity contribution is 5.76. The van der Waals surface area contributed by atoms with E-state index in [1.807, 2.05) is 27.7 Å². The van der Waals surface area contributed by atoms with Crippen molar-refractivity contribution in [1.29, 1.82) is 0 Å². The summed E-state index contributed by atoms with van der Waals surface area (Å²) in [5.41, 5.74) is 0.640. The molecule has 132 valence electrons. The van der Waals surface area contributed by atoms with Crippen molar-refractivity contribution in [3.8, 4) is 0 Å². The van der Waals surface area contributed by atoms with Gasteiger partial charge in [-0.2, -0.15) is 0 Å². The van der Waals surface area contributed by atoms with Gasteiger partial charge in [0.05, 0.1) is 0 Å². The molecule has 1 saturated carbocycles. The number of likely N-dealkylation sites (tertiary alicyclic amines) is 1. The maximum atomic E-state index is 12.0. The summed E-state index contributed by atoms with van der Waals surface area (Å²) in [4.78, 5) is 14.2. The van der Waals surface area contributed by atoms with Crippen molar-refractivity contribution in [3.63, 3.8) is 0 Å². The topological polar surface area (TPSA) is 20.3 Å². The lowest BCUT2D eigenvalue weighted by atomic mass is 9.57. The van der Waals surface area contributed by atoms with E-state index in [2.05, 4.69) is 18.7 Å². The normalized spacial score (nSPS) is 19.5. The molecule has 2 rings (SSSR count). The highest BCUT2D eigenvalue weighted by Crippen LogP contribution is 2.53. The molecule has 1 spiro atoms. The third-order valence-corrected chi connectivity index (χ3v) is 5.19. The van der Waals surface area contributed by atoms with Gasteiger partial charge in [-0.1, -0.05) is 60.8 Å². The Balaban J connectivity index is 0.00000102. The highest BCUT2D eigenvalue weighted by atomic mass is 16.2. The maximum absolute atomic E-state index is 12.0. The number of hydrogen-bond acceptors (Lipinski definition) is 1. The van der Waals surface area contributed by atoms with Crippen LogP contribution in [0.15, 0.2) is 0 Å². The summed E-state index contributed by atoms with van der Waals surface area (Å²) < 4.78 is 0. The average Bonchev–Trinajstić information content (AvgIpc) is 2.56. The van der Waals surface area contributed by atoms with Gasteiger partial charge in [-0.05, 0) is 43.4 Å². The fourth-order valence-corrected chi connectivity index (χ4v) is 3.78. The van der Waals surface area contributed by atoms with Crippen LogP contribution in [0.2, 0.25) is 0 Å². The summed E-state index contributed by atoms with van der Waals surface area (Å²) in [5.74, 6) is 1.39. The van der Waals surface area contributed by atoms with E-state index in [0.29, 0.717) is 11.3 Å². The predicted octanol–water partition coefficient (Wildman–Crippen LogP) is 6.05. The summed E-state index contributed by atoms with van der Waals surface area (Å²) in [6.07, 6.45) is 11.0. The number of carbonyl (C=O) groups excluding carboxylic acids is 1. The van der Waals surface area contributed by atoms with E-state index in [4.69, 9.17) is 0 Å². The Morgan fingerprint density at radius 1 is 1.00 bits per heavy atom. The Kier molecular flexibility index (Phi) is 11.7. The Labute approximate surface area is 140 Å². The summed E-state index contributed by atoms with van der Waals surface area (Å²) in [7, 11) is 0. The molecule has 0 aromatic rings. The Morgan fingerprint density at radius 2 is 1.55 bits per heavy atom. The molecule has 1 aliphatic carbocycles. The van der Waals surface area contributed by atoms with E-state index in [1.165, 1.54) is 44.9 Å². The molecule has 2 heteroatoms. The molecule has 0 N–H and O–H groups in total. The Bertz CT molecular complexity index is 271. The van der Waals surface area contributed by atoms with Crippen LogP contribution in [0.4, 0.5) is 0 Å². The van der Waals surface area contributed by atoms with Crippen LogP contribution in [0.3, 0.4) is 0 Å². The van der Waals surface area contributed by atoms with Crippen LogP contribution in [0.25, 0.3) is 0 Å². The van der Waals surface area contributed by atoms with Gasteiger partial charge < -0.3 is 4.90 Å². The van der Waals surface area contributed by atoms with Crippen molar-refractivity contribution in [2.75, 3.05) is 13.1 Å². The van der Waals surface area contributed by atoms with Crippen molar-refractivity contribution in [3.05, 3.63) is 0 Å². The summed E-state index contributed by atoms with van der Waals surface area (Å²) in [6.45, 7) is 14.6. The molecule has 1 saturated heterocycles. The van der Waals surface area contributed by atoms with E-state index in [1.54, 1.807) is 0 Å². The fraction of sp³-hybridized carbons (Fsp3) is 0.950. The molecular weight excluding hydrogens is 270 g/mol. The van der Waals surface area contributed by atoms with E-state index < -0.39 is 0 Å². The van der Waals surface area contributed by atoms with Gasteiger partial charge in [-0.25, -0.2) is 0 Å². The zero-order valence-electron chi connectivity index (χ0n) is 16.2. The van der Waals surface area contributed by atoms with Gasteiger partial charge in [0, 0.05) is 19.5 Å². The highest BCUT2D eigenvalue weighted by Gasteiger charge is 2.45. The van der Waals surface area contributed by atoms with Gasteiger partial charge in [-0.3, -0.25) is 4.79 Å². The number of rotatable bonds is 5. The molecule has 1 heterocycles. The number of piperidine rings is 1. The average molecular weight is 312 g/mol. The molecule has 0 radical (unpaired) electrons. The van der Waals surface area contributed by atoms with Crippen molar-refractivity contribution in [1.82, 2.24) is 4.90 Å². The van der Waals surface area contributed by atoms with Crippen LogP contribution >= 0.6 is 0 Å². The predicted molar refractivity (Wildman–Crippen MR) is 98.1 cm³/mol. The smallest absolute Gasteiger partial charge is 0.222 e. The van der Waals surface area contributed by atoms with Gasteiger partial charge in [0.2, 0.25) is 5.91 Å². The van der Waals surface area contributed by atoms with Crippen molar-refractivity contribution in [2.45, 2.75) is 99.3 Å². The molecule has 2 aliphatic rings. The largest absolute Gasteiger partial charge is 0.343 e. The first-order valence-corrected chi connectivity index (χ1v) is 9.97. The zero-order chi connectivity index (χ0) is 17.0. The van der Waals surface area contributed by atoms with Gasteiger partial charge in [-0.15, -0.1) is 0 Å². The van der Waals surface area contributed by atoms with Crippen molar-refractivity contribution >= 4 is 5.91 Å². The second-order valence-corrected chi connectivity index (χ2v) is 6.52. The molecule has 1 aliphatic heterocycles. The van der Waals surface area contributed by atoms with Gasteiger partial charge in [0.25, 0.3) is 0 Å². The molecule has 0 aromatic carbocycles. The molecule has 2 fully saturated rings. The second-order valence-electron chi connectivity index (χ2n) is 6.52. The zero-order valence-corrected chi connectivity index (χ0v) is 16.2. The molecule has 0 atom stereocenters. The monoisotopic (exact) mass is 311 g/mol. The summed E-state index contributed by atoms with van der Waals surface area (Å²) in [6, 6.07) is 0. The Hall–Kier alpha value is -0.530. The van der Waals surface area contributed by atoms with Gasteiger partial charge in [0.1, 0.15) is 0 Å².